The maximum absolute atomic E-state index is 12.2. The van der Waals surface area contributed by atoms with Crippen LogP contribution in [0.4, 0.5) is 0 Å². The Morgan fingerprint density at radius 2 is 2.08 bits per heavy atom. The third-order valence-electron chi connectivity index (χ3n) is 4.47. The lowest BCUT2D eigenvalue weighted by Gasteiger charge is -2.07. The summed E-state index contributed by atoms with van der Waals surface area (Å²) in [5.41, 5.74) is 3.41. The van der Waals surface area contributed by atoms with Crippen molar-refractivity contribution in [3.63, 3.8) is 0 Å². The highest BCUT2D eigenvalue weighted by molar-refractivity contribution is 7.16. The molecule has 0 spiro atoms. The number of fused-ring (bicyclic) bond motifs is 1. The fraction of sp³-hybridized carbons (Fsp3) is 0.200. The first kappa shape index (κ1) is 16.6. The number of hydrogen-bond donors (Lipinski definition) is 0. The van der Waals surface area contributed by atoms with Crippen molar-refractivity contribution >= 4 is 27.5 Å². The maximum Gasteiger partial charge on any atom is 0.354 e. The van der Waals surface area contributed by atoms with Gasteiger partial charge in [-0.15, -0.1) is 11.3 Å². The van der Waals surface area contributed by atoms with Gasteiger partial charge in [0, 0.05) is 10.9 Å². The number of hydrogen-bond acceptors (Lipinski definition) is 5. The summed E-state index contributed by atoms with van der Waals surface area (Å²) in [6.45, 7) is 4.39. The molecule has 0 N–H and O–H groups in total. The Bertz CT molecular complexity index is 1100. The Balaban J connectivity index is 1.77. The van der Waals surface area contributed by atoms with E-state index in [2.05, 4.69) is 0 Å². The normalized spacial score (nSPS) is 11.2. The zero-order valence-corrected chi connectivity index (χ0v) is 15.6. The Labute approximate surface area is 154 Å². The topological polar surface area (TPSA) is 57.3 Å². The van der Waals surface area contributed by atoms with E-state index in [1.807, 2.05) is 60.2 Å². The van der Waals surface area contributed by atoms with E-state index in [1.54, 1.807) is 11.3 Å². The van der Waals surface area contributed by atoms with Crippen LogP contribution in [0.25, 0.3) is 21.7 Å². The SMILES string of the molecule is COC(=O)c1cc2ccsc2n1Cc1nc(-c2ccccc2C)oc1C. The molecular weight excluding hydrogens is 348 g/mol. The molecule has 0 aliphatic heterocycles. The molecule has 0 amide bonds. The van der Waals surface area contributed by atoms with E-state index in [4.69, 9.17) is 14.1 Å². The van der Waals surface area contributed by atoms with Gasteiger partial charge in [-0.1, -0.05) is 18.2 Å². The number of aromatic nitrogens is 2. The lowest BCUT2D eigenvalue weighted by atomic mass is 10.1. The zero-order valence-electron chi connectivity index (χ0n) is 14.8. The summed E-state index contributed by atoms with van der Waals surface area (Å²) in [5.74, 6) is 0.996. The number of ether oxygens (including phenoxy) is 1. The van der Waals surface area contributed by atoms with Crippen LogP contribution in [-0.4, -0.2) is 22.6 Å². The Kier molecular flexibility index (Phi) is 4.12. The fourth-order valence-electron chi connectivity index (χ4n) is 3.06. The maximum atomic E-state index is 12.2. The molecule has 0 saturated heterocycles. The van der Waals surface area contributed by atoms with E-state index in [0.29, 0.717) is 18.1 Å². The minimum Gasteiger partial charge on any atom is -0.464 e. The first-order valence-corrected chi connectivity index (χ1v) is 9.14. The average molecular weight is 366 g/mol. The van der Waals surface area contributed by atoms with Crippen molar-refractivity contribution in [3.8, 4) is 11.5 Å². The number of carbonyl (C=O) groups excluding carboxylic acids is 1. The molecule has 0 unspecified atom stereocenters. The lowest BCUT2D eigenvalue weighted by molar-refractivity contribution is 0.0589. The van der Waals surface area contributed by atoms with Crippen molar-refractivity contribution < 1.29 is 13.9 Å². The van der Waals surface area contributed by atoms with E-state index in [0.717, 1.165) is 32.8 Å². The molecule has 0 fully saturated rings. The van der Waals surface area contributed by atoms with Gasteiger partial charge in [-0.05, 0) is 43.0 Å². The molecule has 0 radical (unpaired) electrons. The van der Waals surface area contributed by atoms with E-state index < -0.39 is 0 Å². The Morgan fingerprint density at radius 3 is 2.85 bits per heavy atom. The van der Waals surface area contributed by atoms with Crippen LogP contribution in [0.1, 0.15) is 27.5 Å². The Morgan fingerprint density at radius 1 is 1.27 bits per heavy atom. The van der Waals surface area contributed by atoms with Crippen LogP contribution in [0.3, 0.4) is 0 Å². The largest absolute Gasteiger partial charge is 0.464 e. The van der Waals surface area contributed by atoms with Crippen LogP contribution < -0.4 is 0 Å². The molecule has 0 saturated carbocycles. The average Bonchev–Trinajstić information content (AvgIpc) is 3.31. The summed E-state index contributed by atoms with van der Waals surface area (Å²) < 4.78 is 12.8. The second-order valence-electron chi connectivity index (χ2n) is 6.13. The van der Waals surface area contributed by atoms with E-state index in [9.17, 15) is 4.79 Å². The summed E-state index contributed by atoms with van der Waals surface area (Å²) >= 11 is 1.59. The summed E-state index contributed by atoms with van der Waals surface area (Å²) in [6.07, 6.45) is 0. The number of benzene rings is 1. The molecule has 5 nitrogen and oxygen atoms in total. The minimum absolute atomic E-state index is 0.353. The van der Waals surface area contributed by atoms with Crippen molar-refractivity contribution in [1.29, 1.82) is 0 Å². The number of aryl methyl sites for hydroxylation is 2. The summed E-state index contributed by atoms with van der Waals surface area (Å²) in [5, 5.41) is 3.03. The molecule has 0 bridgehead atoms. The number of thiophene rings is 1. The van der Waals surface area contributed by atoms with Gasteiger partial charge in [0.2, 0.25) is 5.89 Å². The molecule has 4 aromatic rings. The first-order chi connectivity index (χ1) is 12.6. The van der Waals surface area contributed by atoms with Gasteiger partial charge in [0.15, 0.2) is 0 Å². The number of methoxy groups -OCH3 is 1. The number of carbonyl (C=O) groups is 1. The minimum atomic E-state index is -0.353. The quantitative estimate of drug-likeness (QED) is 0.486. The van der Waals surface area contributed by atoms with Gasteiger partial charge in [0.25, 0.3) is 0 Å². The molecule has 4 rings (SSSR count). The van der Waals surface area contributed by atoms with Crippen LogP contribution >= 0.6 is 11.3 Å². The predicted octanol–water partition coefficient (Wildman–Crippen LogP) is 4.81. The second-order valence-corrected chi connectivity index (χ2v) is 7.02. The molecule has 6 heteroatoms. The molecule has 3 aromatic heterocycles. The number of rotatable bonds is 4. The van der Waals surface area contributed by atoms with Gasteiger partial charge in [-0.2, -0.15) is 0 Å². The molecule has 0 aliphatic carbocycles. The molecule has 3 heterocycles. The van der Waals surface area contributed by atoms with Gasteiger partial charge in [-0.25, -0.2) is 9.78 Å². The first-order valence-electron chi connectivity index (χ1n) is 8.26. The highest BCUT2D eigenvalue weighted by Gasteiger charge is 2.20. The van der Waals surface area contributed by atoms with E-state index in [1.165, 1.54) is 7.11 Å². The van der Waals surface area contributed by atoms with Crippen LogP contribution in [0.15, 0.2) is 46.2 Å². The highest BCUT2D eigenvalue weighted by Crippen LogP contribution is 2.29. The second kappa shape index (κ2) is 6.46. The van der Waals surface area contributed by atoms with E-state index >= 15 is 0 Å². The summed E-state index contributed by atoms with van der Waals surface area (Å²) in [6, 6.07) is 11.8. The van der Waals surface area contributed by atoms with Crippen molar-refractivity contribution in [1.82, 2.24) is 9.55 Å². The number of esters is 1. The standard InChI is InChI=1S/C20H18N2O3S/c1-12-6-4-5-7-15(12)18-21-16(13(2)25-18)11-22-17(20(23)24-3)10-14-8-9-26-19(14)22/h4-10H,11H2,1-3H3. The van der Waals surface area contributed by atoms with Crippen molar-refractivity contribution in [2.75, 3.05) is 7.11 Å². The van der Waals surface area contributed by atoms with Gasteiger partial charge in [0.1, 0.15) is 22.0 Å². The molecular formula is C20H18N2O3S. The molecule has 0 atom stereocenters. The molecule has 26 heavy (non-hydrogen) atoms. The molecule has 1 aromatic carbocycles. The van der Waals surface area contributed by atoms with Crippen LogP contribution in [0.5, 0.6) is 0 Å². The van der Waals surface area contributed by atoms with Gasteiger partial charge < -0.3 is 13.7 Å². The van der Waals surface area contributed by atoms with Crippen LogP contribution in [0, 0.1) is 13.8 Å². The number of nitrogens with zero attached hydrogens (tertiary/aromatic N) is 2. The van der Waals surface area contributed by atoms with Crippen molar-refractivity contribution in [2.24, 2.45) is 0 Å². The zero-order chi connectivity index (χ0) is 18.3. The summed E-state index contributed by atoms with van der Waals surface area (Å²) in [4.78, 5) is 17.9. The van der Waals surface area contributed by atoms with Gasteiger partial charge in [-0.3, -0.25) is 0 Å². The van der Waals surface area contributed by atoms with Crippen molar-refractivity contribution in [3.05, 3.63) is 64.5 Å². The third-order valence-corrected chi connectivity index (χ3v) is 5.42. The Hall–Kier alpha value is -2.86. The van der Waals surface area contributed by atoms with Crippen LogP contribution in [-0.2, 0) is 11.3 Å². The monoisotopic (exact) mass is 366 g/mol. The molecule has 132 valence electrons. The third kappa shape index (κ3) is 2.72. The highest BCUT2D eigenvalue weighted by atomic mass is 32.1. The molecule has 0 aliphatic rings. The van der Waals surface area contributed by atoms with E-state index in [-0.39, 0.29) is 5.97 Å². The van der Waals surface area contributed by atoms with Gasteiger partial charge >= 0.3 is 5.97 Å². The number of oxazole rings is 1. The lowest BCUT2D eigenvalue weighted by Crippen LogP contribution is -2.11. The summed E-state index contributed by atoms with van der Waals surface area (Å²) in [7, 11) is 1.39. The fourth-order valence-corrected chi connectivity index (χ4v) is 3.95. The van der Waals surface area contributed by atoms with Gasteiger partial charge in [0.05, 0.1) is 13.7 Å². The van der Waals surface area contributed by atoms with Crippen LogP contribution in [0.2, 0.25) is 0 Å². The predicted molar refractivity (Wildman–Crippen MR) is 102 cm³/mol. The van der Waals surface area contributed by atoms with Crippen molar-refractivity contribution in [2.45, 2.75) is 20.4 Å². The smallest absolute Gasteiger partial charge is 0.354 e.